The topological polar surface area (TPSA) is 66.9 Å². The summed E-state index contributed by atoms with van der Waals surface area (Å²) in [6.45, 7) is 6.70. The van der Waals surface area contributed by atoms with Crippen LogP contribution in [0.15, 0.2) is 0 Å². The predicted octanol–water partition coefficient (Wildman–Crippen LogP) is 1.48. The van der Waals surface area contributed by atoms with Gasteiger partial charge in [0.1, 0.15) is 6.04 Å². The van der Waals surface area contributed by atoms with Crippen LogP contribution in [0.2, 0.25) is 0 Å². The molecule has 2 rings (SSSR count). The van der Waals surface area contributed by atoms with Crippen LogP contribution in [0.1, 0.15) is 36.2 Å². The number of hydrogen-bond donors (Lipinski definition) is 2. The summed E-state index contributed by atoms with van der Waals surface area (Å²) in [4.78, 5) is 20.6. The maximum atomic E-state index is 11.8. The number of rotatable bonds is 2. The Bertz CT molecular complexity index is 435. The van der Waals surface area contributed by atoms with Crippen LogP contribution >= 0.6 is 0 Å². The molecule has 0 aliphatic carbocycles. The second kappa shape index (κ2) is 5.33. The van der Waals surface area contributed by atoms with Crippen LogP contribution in [-0.4, -0.2) is 28.5 Å². The van der Waals surface area contributed by atoms with E-state index in [0.29, 0.717) is 5.95 Å². The first-order valence-corrected chi connectivity index (χ1v) is 6.44. The molecule has 1 saturated heterocycles. The van der Waals surface area contributed by atoms with Crippen molar-refractivity contribution in [1.29, 1.82) is 0 Å². The van der Waals surface area contributed by atoms with Gasteiger partial charge >= 0.3 is 0 Å². The molecule has 1 aliphatic heterocycles. The molecule has 1 atom stereocenters. The summed E-state index contributed by atoms with van der Waals surface area (Å²) in [5.41, 5.74) is 3.02. The maximum absolute atomic E-state index is 11.8. The van der Waals surface area contributed by atoms with E-state index in [1.165, 1.54) is 0 Å². The third-order valence-corrected chi connectivity index (χ3v) is 3.47. The Labute approximate surface area is 107 Å². The minimum atomic E-state index is -0.214. The van der Waals surface area contributed by atoms with Crippen molar-refractivity contribution in [2.75, 3.05) is 11.9 Å². The van der Waals surface area contributed by atoms with E-state index >= 15 is 0 Å². The molecule has 0 saturated carbocycles. The Balaban J connectivity index is 2.15. The number of amides is 1. The molecule has 5 heteroatoms. The Morgan fingerprint density at radius 2 is 1.83 bits per heavy atom. The van der Waals surface area contributed by atoms with Gasteiger partial charge in [0.25, 0.3) is 0 Å². The minimum absolute atomic E-state index is 0.0481. The first kappa shape index (κ1) is 12.8. The highest BCUT2D eigenvalue weighted by Gasteiger charge is 2.21. The number of aryl methyl sites for hydroxylation is 2. The second-order valence-corrected chi connectivity index (χ2v) is 4.83. The average Bonchev–Trinajstić information content (AvgIpc) is 2.52. The molecule has 0 bridgehead atoms. The molecule has 0 spiro atoms. The summed E-state index contributed by atoms with van der Waals surface area (Å²) < 4.78 is 0. The van der Waals surface area contributed by atoms with Crippen molar-refractivity contribution in [2.45, 2.75) is 46.1 Å². The van der Waals surface area contributed by atoms with Crippen molar-refractivity contribution >= 4 is 11.9 Å². The first-order chi connectivity index (χ1) is 8.58. The number of nitrogens with zero attached hydrogens (tertiary/aromatic N) is 2. The van der Waals surface area contributed by atoms with E-state index in [1.807, 2.05) is 20.8 Å². The van der Waals surface area contributed by atoms with Crippen LogP contribution in [0.4, 0.5) is 5.95 Å². The second-order valence-electron chi connectivity index (χ2n) is 4.83. The van der Waals surface area contributed by atoms with Gasteiger partial charge in [-0.05, 0) is 45.6 Å². The van der Waals surface area contributed by atoms with E-state index in [0.717, 1.165) is 42.8 Å². The lowest BCUT2D eigenvalue weighted by Crippen LogP contribution is -2.38. The van der Waals surface area contributed by atoms with Crippen molar-refractivity contribution in [1.82, 2.24) is 15.3 Å². The Kier molecular flexibility index (Phi) is 3.79. The molecular weight excluding hydrogens is 228 g/mol. The molecule has 1 amide bonds. The summed E-state index contributed by atoms with van der Waals surface area (Å²) >= 11 is 0. The van der Waals surface area contributed by atoms with Gasteiger partial charge in [-0.3, -0.25) is 4.79 Å². The summed E-state index contributed by atoms with van der Waals surface area (Å²) in [6, 6.07) is -0.214. The van der Waals surface area contributed by atoms with Gasteiger partial charge in [-0.2, -0.15) is 0 Å². The fourth-order valence-electron chi connectivity index (χ4n) is 2.07. The van der Waals surface area contributed by atoms with Crippen molar-refractivity contribution in [3.63, 3.8) is 0 Å². The Hall–Kier alpha value is -1.65. The van der Waals surface area contributed by atoms with Crippen molar-refractivity contribution in [3.8, 4) is 0 Å². The monoisotopic (exact) mass is 248 g/mol. The van der Waals surface area contributed by atoms with E-state index in [2.05, 4.69) is 20.6 Å². The van der Waals surface area contributed by atoms with Gasteiger partial charge in [0.2, 0.25) is 11.9 Å². The minimum Gasteiger partial charge on any atom is -0.354 e. The molecule has 5 nitrogen and oxygen atoms in total. The summed E-state index contributed by atoms with van der Waals surface area (Å²) in [6.07, 6.45) is 2.91. The smallest absolute Gasteiger partial charge is 0.242 e. The molecule has 18 heavy (non-hydrogen) atoms. The average molecular weight is 248 g/mol. The molecule has 1 aromatic rings. The molecule has 98 valence electrons. The fraction of sp³-hybridized carbons (Fsp3) is 0.615. The normalized spacial score (nSPS) is 20.2. The number of hydrogen-bond acceptors (Lipinski definition) is 4. The van der Waals surface area contributed by atoms with E-state index in [9.17, 15) is 4.79 Å². The quantitative estimate of drug-likeness (QED) is 0.832. The largest absolute Gasteiger partial charge is 0.354 e. The van der Waals surface area contributed by atoms with Gasteiger partial charge in [-0.25, -0.2) is 9.97 Å². The van der Waals surface area contributed by atoms with Crippen LogP contribution in [0.3, 0.4) is 0 Å². The van der Waals surface area contributed by atoms with Crippen LogP contribution in [0.25, 0.3) is 0 Å². The molecule has 2 heterocycles. The van der Waals surface area contributed by atoms with Gasteiger partial charge in [0.05, 0.1) is 0 Å². The highest BCUT2D eigenvalue weighted by molar-refractivity contribution is 5.84. The lowest BCUT2D eigenvalue weighted by Gasteiger charge is -2.16. The molecule has 0 aromatic carbocycles. The molecular formula is C13H20N4O. The molecule has 1 aromatic heterocycles. The van der Waals surface area contributed by atoms with Gasteiger partial charge in [0.15, 0.2) is 0 Å². The van der Waals surface area contributed by atoms with E-state index in [4.69, 9.17) is 0 Å². The van der Waals surface area contributed by atoms with E-state index in [1.54, 1.807) is 0 Å². The molecule has 0 radical (unpaired) electrons. The number of carbonyl (C=O) groups is 1. The zero-order valence-electron chi connectivity index (χ0n) is 11.2. The van der Waals surface area contributed by atoms with Gasteiger partial charge < -0.3 is 10.6 Å². The number of carbonyl (C=O) groups excluding carboxylic acids is 1. The Morgan fingerprint density at radius 3 is 2.50 bits per heavy atom. The van der Waals surface area contributed by atoms with Crippen LogP contribution in [0.5, 0.6) is 0 Å². The third kappa shape index (κ3) is 2.78. The highest BCUT2D eigenvalue weighted by Crippen LogP contribution is 2.14. The zero-order chi connectivity index (χ0) is 13.1. The summed E-state index contributed by atoms with van der Waals surface area (Å²) in [7, 11) is 0. The van der Waals surface area contributed by atoms with E-state index in [-0.39, 0.29) is 11.9 Å². The van der Waals surface area contributed by atoms with Crippen molar-refractivity contribution in [3.05, 3.63) is 17.0 Å². The fourth-order valence-corrected chi connectivity index (χ4v) is 2.07. The number of nitrogens with one attached hydrogen (secondary N) is 2. The van der Waals surface area contributed by atoms with Crippen LogP contribution in [0, 0.1) is 20.8 Å². The van der Waals surface area contributed by atoms with Crippen molar-refractivity contribution in [2.24, 2.45) is 0 Å². The van der Waals surface area contributed by atoms with Crippen LogP contribution in [-0.2, 0) is 4.79 Å². The summed E-state index contributed by atoms with van der Waals surface area (Å²) in [5, 5.41) is 6.04. The predicted molar refractivity (Wildman–Crippen MR) is 70.5 cm³/mol. The van der Waals surface area contributed by atoms with Gasteiger partial charge in [0, 0.05) is 17.9 Å². The number of aromatic nitrogens is 2. The third-order valence-electron chi connectivity index (χ3n) is 3.47. The molecule has 1 fully saturated rings. The standard InChI is InChI=1S/C13H20N4O/c1-8-9(2)15-13(16-10(8)3)17-11-6-4-5-7-14-12(11)18/h11H,4-7H2,1-3H3,(H,14,18)(H,15,16,17). The summed E-state index contributed by atoms with van der Waals surface area (Å²) in [5.74, 6) is 0.602. The maximum Gasteiger partial charge on any atom is 0.242 e. The van der Waals surface area contributed by atoms with Gasteiger partial charge in [-0.15, -0.1) is 0 Å². The lowest BCUT2D eigenvalue weighted by molar-refractivity contribution is -0.121. The lowest BCUT2D eigenvalue weighted by atomic mass is 10.1. The van der Waals surface area contributed by atoms with Gasteiger partial charge in [-0.1, -0.05) is 0 Å². The molecule has 2 N–H and O–H groups in total. The number of anilines is 1. The van der Waals surface area contributed by atoms with E-state index < -0.39 is 0 Å². The van der Waals surface area contributed by atoms with Crippen molar-refractivity contribution < 1.29 is 4.79 Å². The zero-order valence-corrected chi connectivity index (χ0v) is 11.2. The first-order valence-electron chi connectivity index (χ1n) is 6.44. The molecule has 1 unspecified atom stereocenters. The SMILES string of the molecule is Cc1nc(NC2CCCCNC2=O)nc(C)c1C. The highest BCUT2D eigenvalue weighted by atomic mass is 16.2. The van der Waals surface area contributed by atoms with Crippen LogP contribution < -0.4 is 10.6 Å². The Morgan fingerprint density at radius 1 is 1.17 bits per heavy atom. The molecule has 1 aliphatic rings.